The van der Waals surface area contributed by atoms with Crippen molar-refractivity contribution in [2.45, 2.75) is 52.9 Å². The standard InChI is InChI=1S/C20H24O2/c1-9-6-7-13-17(20(13,4)5)15-11(3)19(22)12-8-10(2)18(21)16(12)14(9)15/h10,13,17,22H,1,6-8H2,2-5H3/t10-,13-,17-/m0/s1. The highest BCUT2D eigenvalue weighted by Gasteiger charge is 2.60. The van der Waals surface area contributed by atoms with Crippen LogP contribution in [0.1, 0.15) is 72.1 Å². The van der Waals surface area contributed by atoms with Crippen LogP contribution in [0.4, 0.5) is 0 Å². The monoisotopic (exact) mass is 296 g/mol. The lowest BCUT2D eigenvalue weighted by Gasteiger charge is -2.21. The number of rotatable bonds is 0. The number of hydrogen-bond donors (Lipinski definition) is 1. The van der Waals surface area contributed by atoms with E-state index in [1.807, 2.05) is 13.8 Å². The van der Waals surface area contributed by atoms with Crippen LogP contribution in [-0.4, -0.2) is 10.9 Å². The molecule has 1 fully saturated rings. The Kier molecular flexibility index (Phi) is 2.58. The van der Waals surface area contributed by atoms with Gasteiger partial charge >= 0.3 is 0 Å². The van der Waals surface area contributed by atoms with Crippen LogP contribution >= 0.6 is 0 Å². The molecule has 0 bridgehead atoms. The zero-order valence-corrected chi connectivity index (χ0v) is 13.9. The number of benzene rings is 1. The van der Waals surface area contributed by atoms with Gasteiger partial charge < -0.3 is 5.11 Å². The molecule has 0 radical (unpaired) electrons. The second-order valence-electron chi connectivity index (χ2n) is 8.13. The van der Waals surface area contributed by atoms with Gasteiger partial charge in [-0.3, -0.25) is 4.79 Å². The smallest absolute Gasteiger partial charge is 0.167 e. The first kappa shape index (κ1) is 14.0. The molecule has 1 N–H and O–H groups in total. The second kappa shape index (κ2) is 4.04. The lowest BCUT2D eigenvalue weighted by Crippen LogP contribution is -2.09. The third-order valence-electron chi connectivity index (χ3n) is 6.54. The maximum absolute atomic E-state index is 12.7. The van der Waals surface area contributed by atoms with Crippen molar-refractivity contribution in [1.29, 1.82) is 0 Å². The Balaban J connectivity index is 2.07. The maximum atomic E-state index is 12.7. The van der Waals surface area contributed by atoms with Crippen LogP contribution in [0.5, 0.6) is 5.75 Å². The fourth-order valence-corrected chi connectivity index (χ4v) is 5.13. The van der Waals surface area contributed by atoms with Crippen molar-refractivity contribution in [2.75, 3.05) is 0 Å². The van der Waals surface area contributed by atoms with E-state index in [1.165, 1.54) is 5.56 Å². The third kappa shape index (κ3) is 1.48. The van der Waals surface area contributed by atoms with Crippen LogP contribution in [0, 0.1) is 24.2 Å². The lowest BCUT2D eigenvalue weighted by atomic mass is 9.84. The number of fused-ring (bicyclic) bond motifs is 5. The van der Waals surface area contributed by atoms with Crippen LogP contribution in [0.25, 0.3) is 5.57 Å². The molecule has 1 aromatic rings. The molecule has 22 heavy (non-hydrogen) atoms. The molecule has 0 spiro atoms. The van der Waals surface area contributed by atoms with Gasteiger partial charge in [0.05, 0.1) is 0 Å². The Bertz CT molecular complexity index is 739. The summed E-state index contributed by atoms with van der Waals surface area (Å²) in [4.78, 5) is 12.7. The average molecular weight is 296 g/mol. The number of carbonyl (C=O) groups is 1. The summed E-state index contributed by atoms with van der Waals surface area (Å²) in [5.74, 6) is 1.64. The number of ketones is 1. The Labute approximate surface area is 132 Å². The van der Waals surface area contributed by atoms with Gasteiger partial charge in [-0.05, 0) is 65.7 Å². The molecule has 0 aromatic heterocycles. The summed E-state index contributed by atoms with van der Waals surface area (Å²) < 4.78 is 0. The highest BCUT2D eigenvalue weighted by Crippen LogP contribution is 2.70. The van der Waals surface area contributed by atoms with Crippen molar-refractivity contribution in [2.24, 2.45) is 17.3 Å². The Morgan fingerprint density at radius 2 is 1.95 bits per heavy atom. The predicted octanol–water partition coefficient (Wildman–Crippen LogP) is 4.62. The molecule has 116 valence electrons. The van der Waals surface area contributed by atoms with Gasteiger partial charge in [-0.1, -0.05) is 27.4 Å². The minimum Gasteiger partial charge on any atom is -0.507 e. The molecule has 0 aliphatic heterocycles. The first-order chi connectivity index (χ1) is 10.3. The molecule has 0 heterocycles. The normalized spacial score (nSPS) is 31.4. The van der Waals surface area contributed by atoms with Crippen molar-refractivity contribution in [3.63, 3.8) is 0 Å². The molecular formula is C20H24O2. The summed E-state index contributed by atoms with van der Waals surface area (Å²) in [5.41, 5.74) is 6.33. The summed E-state index contributed by atoms with van der Waals surface area (Å²) in [6.45, 7) is 12.9. The van der Waals surface area contributed by atoms with Crippen LogP contribution in [0.15, 0.2) is 6.58 Å². The van der Waals surface area contributed by atoms with Crippen LogP contribution in [0.2, 0.25) is 0 Å². The van der Waals surface area contributed by atoms with Crippen molar-refractivity contribution >= 4 is 11.4 Å². The summed E-state index contributed by atoms with van der Waals surface area (Å²) in [7, 11) is 0. The molecule has 1 saturated carbocycles. The summed E-state index contributed by atoms with van der Waals surface area (Å²) >= 11 is 0. The predicted molar refractivity (Wildman–Crippen MR) is 88.3 cm³/mol. The molecule has 0 amide bonds. The minimum absolute atomic E-state index is 0.0223. The van der Waals surface area contributed by atoms with Gasteiger partial charge in [-0.25, -0.2) is 0 Å². The SMILES string of the molecule is C=C1CC[C@H]2[C@@H](c3c(C)c(O)c4c(c31)C(=O)[C@@H](C)C4)C2(C)C. The number of allylic oxidation sites excluding steroid dienone is 1. The van der Waals surface area contributed by atoms with E-state index >= 15 is 0 Å². The number of hydrogen-bond acceptors (Lipinski definition) is 2. The zero-order chi connectivity index (χ0) is 16.0. The number of aromatic hydroxyl groups is 1. The van der Waals surface area contributed by atoms with Gasteiger partial charge in [0.25, 0.3) is 0 Å². The number of phenols is 1. The zero-order valence-electron chi connectivity index (χ0n) is 13.9. The molecule has 2 nitrogen and oxygen atoms in total. The Hall–Kier alpha value is -1.57. The summed E-state index contributed by atoms with van der Waals surface area (Å²) in [6, 6.07) is 0. The fraction of sp³-hybridized carbons (Fsp3) is 0.550. The van der Waals surface area contributed by atoms with E-state index in [4.69, 9.17) is 0 Å². The van der Waals surface area contributed by atoms with Crippen molar-refractivity contribution in [3.8, 4) is 5.75 Å². The largest absolute Gasteiger partial charge is 0.507 e. The third-order valence-corrected chi connectivity index (χ3v) is 6.54. The quantitative estimate of drug-likeness (QED) is 0.758. The van der Waals surface area contributed by atoms with Gasteiger partial charge in [0.15, 0.2) is 5.78 Å². The van der Waals surface area contributed by atoms with Gasteiger partial charge in [0.1, 0.15) is 5.75 Å². The van der Waals surface area contributed by atoms with E-state index in [1.54, 1.807) is 0 Å². The van der Waals surface area contributed by atoms with E-state index in [0.29, 0.717) is 24.0 Å². The number of Topliss-reactive ketones (excluding diaryl/α,β-unsaturated/α-hetero) is 1. The molecule has 1 aromatic carbocycles. The molecule has 4 rings (SSSR count). The molecule has 2 heteroatoms. The topological polar surface area (TPSA) is 37.3 Å². The van der Waals surface area contributed by atoms with E-state index in [-0.39, 0.29) is 17.1 Å². The number of phenolic OH excluding ortho intramolecular Hbond substituents is 1. The lowest BCUT2D eigenvalue weighted by molar-refractivity contribution is 0.0946. The molecule has 0 unspecified atom stereocenters. The van der Waals surface area contributed by atoms with Gasteiger partial charge in [0.2, 0.25) is 0 Å². The van der Waals surface area contributed by atoms with E-state index in [9.17, 15) is 9.90 Å². The molecule has 0 saturated heterocycles. The van der Waals surface area contributed by atoms with Crippen molar-refractivity contribution < 1.29 is 9.90 Å². The van der Waals surface area contributed by atoms with Gasteiger partial charge in [-0.2, -0.15) is 0 Å². The highest BCUT2D eigenvalue weighted by molar-refractivity contribution is 6.07. The van der Waals surface area contributed by atoms with Crippen LogP contribution in [0.3, 0.4) is 0 Å². The van der Waals surface area contributed by atoms with Crippen LogP contribution in [-0.2, 0) is 6.42 Å². The summed E-state index contributed by atoms with van der Waals surface area (Å²) in [5, 5.41) is 10.7. The fourth-order valence-electron chi connectivity index (χ4n) is 5.13. The van der Waals surface area contributed by atoms with E-state index in [0.717, 1.165) is 40.7 Å². The average Bonchev–Trinajstić information content (AvgIpc) is 2.93. The molecule has 3 atom stereocenters. The molecular weight excluding hydrogens is 272 g/mol. The molecule has 3 aliphatic rings. The van der Waals surface area contributed by atoms with Crippen molar-refractivity contribution in [3.05, 3.63) is 34.4 Å². The van der Waals surface area contributed by atoms with Gasteiger partial charge in [-0.15, -0.1) is 0 Å². The Morgan fingerprint density at radius 1 is 1.27 bits per heavy atom. The highest BCUT2D eigenvalue weighted by atomic mass is 16.3. The first-order valence-electron chi connectivity index (χ1n) is 8.37. The van der Waals surface area contributed by atoms with Gasteiger partial charge in [0, 0.05) is 17.0 Å². The molecule has 3 aliphatic carbocycles. The van der Waals surface area contributed by atoms with E-state index < -0.39 is 0 Å². The first-order valence-corrected chi connectivity index (χ1v) is 8.37. The van der Waals surface area contributed by atoms with E-state index in [2.05, 4.69) is 20.4 Å². The maximum Gasteiger partial charge on any atom is 0.167 e. The van der Waals surface area contributed by atoms with Crippen LogP contribution < -0.4 is 0 Å². The summed E-state index contributed by atoms with van der Waals surface area (Å²) in [6.07, 6.45) is 2.78. The second-order valence-corrected chi connectivity index (χ2v) is 8.13. The number of carbonyl (C=O) groups excluding carboxylic acids is 1. The Morgan fingerprint density at radius 3 is 2.64 bits per heavy atom. The van der Waals surface area contributed by atoms with Crippen molar-refractivity contribution in [1.82, 2.24) is 0 Å². The minimum atomic E-state index is -0.0223.